The average molecular weight is 370 g/mol. The van der Waals surface area contributed by atoms with E-state index in [0.717, 1.165) is 28.2 Å². The molecule has 146 valence electrons. The number of aryl methyl sites for hydroxylation is 2. The largest absolute Gasteiger partial charge is 0.496 e. The van der Waals surface area contributed by atoms with E-state index in [2.05, 4.69) is 16.7 Å². The lowest BCUT2D eigenvalue weighted by molar-refractivity contribution is -0.123. The van der Waals surface area contributed by atoms with E-state index < -0.39 is 0 Å². The zero-order valence-corrected chi connectivity index (χ0v) is 16.8. The third kappa shape index (κ3) is 6.29. The Labute approximate surface area is 162 Å². The Morgan fingerprint density at radius 3 is 2.52 bits per heavy atom. The highest BCUT2D eigenvalue weighted by atomic mass is 16.5. The lowest BCUT2D eigenvalue weighted by atomic mass is 10.0. The quantitative estimate of drug-likeness (QED) is 0.663. The molecule has 2 N–H and O–H groups in total. The van der Waals surface area contributed by atoms with Crippen molar-refractivity contribution in [1.82, 2.24) is 10.6 Å². The smallest absolute Gasteiger partial charge is 0.236 e. The number of hydrogen-bond acceptors (Lipinski definition) is 4. The molecule has 0 spiro atoms. The van der Waals surface area contributed by atoms with E-state index in [4.69, 9.17) is 9.47 Å². The molecule has 0 radical (unpaired) electrons. The normalized spacial score (nSPS) is 12.9. The molecule has 0 aliphatic carbocycles. The van der Waals surface area contributed by atoms with E-state index in [1.807, 2.05) is 64.1 Å². The van der Waals surface area contributed by atoms with Crippen molar-refractivity contribution in [1.29, 1.82) is 0 Å². The Hall–Kier alpha value is -2.53. The van der Waals surface area contributed by atoms with Crippen LogP contribution in [-0.2, 0) is 4.79 Å². The van der Waals surface area contributed by atoms with E-state index in [1.165, 1.54) is 0 Å². The summed E-state index contributed by atoms with van der Waals surface area (Å²) >= 11 is 0. The third-order valence-corrected chi connectivity index (χ3v) is 4.40. The molecule has 2 rings (SSSR count). The van der Waals surface area contributed by atoms with Crippen molar-refractivity contribution in [2.75, 3.05) is 20.3 Å². The van der Waals surface area contributed by atoms with Crippen LogP contribution in [0.4, 0.5) is 0 Å². The van der Waals surface area contributed by atoms with Crippen molar-refractivity contribution in [2.24, 2.45) is 0 Å². The predicted octanol–water partition coefficient (Wildman–Crippen LogP) is 3.55. The van der Waals surface area contributed by atoms with Crippen LogP contribution in [0.5, 0.6) is 11.5 Å². The molecule has 2 aromatic rings. The van der Waals surface area contributed by atoms with E-state index >= 15 is 0 Å². The van der Waals surface area contributed by atoms with Gasteiger partial charge < -0.3 is 14.8 Å². The molecular formula is C22H30N2O3. The van der Waals surface area contributed by atoms with Gasteiger partial charge in [-0.2, -0.15) is 0 Å². The number of nitrogens with one attached hydrogen (secondary N) is 2. The molecule has 5 heteroatoms. The van der Waals surface area contributed by atoms with E-state index in [9.17, 15) is 4.79 Å². The number of carbonyl (C=O) groups is 1. The van der Waals surface area contributed by atoms with Crippen LogP contribution in [0.15, 0.2) is 42.5 Å². The fourth-order valence-corrected chi connectivity index (χ4v) is 2.93. The molecule has 0 heterocycles. The minimum atomic E-state index is -0.329. The lowest BCUT2D eigenvalue weighted by Crippen LogP contribution is -2.44. The summed E-state index contributed by atoms with van der Waals surface area (Å²) in [5.41, 5.74) is 3.35. The second-order valence-electron chi connectivity index (χ2n) is 6.81. The summed E-state index contributed by atoms with van der Waals surface area (Å²) in [6.45, 7) is 8.84. The van der Waals surface area contributed by atoms with Crippen LogP contribution in [0.1, 0.15) is 36.6 Å². The maximum absolute atomic E-state index is 12.3. The molecule has 0 aliphatic heterocycles. The monoisotopic (exact) mass is 370 g/mol. The van der Waals surface area contributed by atoms with Gasteiger partial charge in [0.25, 0.3) is 0 Å². The van der Waals surface area contributed by atoms with Crippen molar-refractivity contribution >= 4 is 5.91 Å². The fraction of sp³-hybridized carbons (Fsp3) is 0.409. The van der Waals surface area contributed by atoms with E-state index in [1.54, 1.807) is 7.11 Å². The Balaban J connectivity index is 1.80. The molecule has 2 unspecified atom stereocenters. The Morgan fingerprint density at radius 2 is 1.81 bits per heavy atom. The highest BCUT2D eigenvalue weighted by molar-refractivity contribution is 5.81. The molecule has 0 aliphatic rings. The first-order valence-electron chi connectivity index (χ1n) is 9.28. The zero-order chi connectivity index (χ0) is 19.8. The topological polar surface area (TPSA) is 59.6 Å². The molecule has 0 aromatic heterocycles. The van der Waals surface area contributed by atoms with Gasteiger partial charge in [-0.25, -0.2) is 0 Å². The van der Waals surface area contributed by atoms with Crippen molar-refractivity contribution in [3.05, 3.63) is 59.2 Å². The van der Waals surface area contributed by atoms with Crippen molar-refractivity contribution in [2.45, 2.75) is 39.8 Å². The number of rotatable bonds is 9. The van der Waals surface area contributed by atoms with Crippen molar-refractivity contribution in [3.63, 3.8) is 0 Å². The predicted molar refractivity (Wildman–Crippen MR) is 108 cm³/mol. The number of amides is 1. The van der Waals surface area contributed by atoms with E-state index in [0.29, 0.717) is 13.2 Å². The second kappa shape index (κ2) is 9.97. The Bertz CT molecular complexity index is 761. The maximum atomic E-state index is 12.3. The lowest BCUT2D eigenvalue weighted by Gasteiger charge is -2.22. The highest BCUT2D eigenvalue weighted by Crippen LogP contribution is 2.26. The standard InChI is InChI=1S/C22H30N2O3/c1-15-7-6-8-19(13-15)27-12-11-23-22(25)18(4)24-17(3)20-14-16(2)9-10-21(20)26-5/h6-10,13-14,17-18,24H,11-12H2,1-5H3,(H,23,25). The molecule has 0 bridgehead atoms. The molecule has 1 amide bonds. The van der Waals surface area contributed by atoms with Gasteiger partial charge in [-0.3, -0.25) is 10.1 Å². The summed E-state index contributed by atoms with van der Waals surface area (Å²) in [5.74, 6) is 1.58. The Morgan fingerprint density at radius 1 is 1.07 bits per heavy atom. The molecular weight excluding hydrogens is 340 g/mol. The second-order valence-corrected chi connectivity index (χ2v) is 6.81. The summed E-state index contributed by atoms with van der Waals surface area (Å²) in [5, 5.41) is 6.24. The molecule has 27 heavy (non-hydrogen) atoms. The van der Waals surface area contributed by atoms with Gasteiger partial charge in [0.1, 0.15) is 18.1 Å². The highest BCUT2D eigenvalue weighted by Gasteiger charge is 2.18. The molecule has 2 aromatic carbocycles. The van der Waals surface area contributed by atoms with Gasteiger partial charge in [-0.1, -0.05) is 29.8 Å². The van der Waals surface area contributed by atoms with E-state index in [-0.39, 0.29) is 18.0 Å². The van der Waals surface area contributed by atoms with Gasteiger partial charge in [0, 0.05) is 11.6 Å². The minimum absolute atomic E-state index is 0.0101. The van der Waals surface area contributed by atoms with Crippen LogP contribution in [0.25, 0.3) is 0 Å². The van der Waals surface area contributed by atoms with Gasteiger partial charge in [-0.05, 0) is 51.5 Å². The van der Waals surface area contributed by atoms with Crippen molar-refractivity contribution < 1.29 is 14.3 Å². The molecule has 5 nitrogen and oxygen atoms in total. The zero-order valence-electron chi connectivity index (χ0n) is 16.8. The number of hydrogen-bond donors (Lipinski definition) is 2. The van der Waals surface area contributed by atoms with Crippen LogP contribution in [0.3, 0.4) is 0 Å². The van der Waals surface area contributed by atoms with Gasteiger partial charge in [0.05, 0.1) is 19.7 Å². The van der Waals surface area contributed by atoms with Gasteiger partial charge >= 0.3 is 0 Å². The van der Waals surface area contributed by atoms with Crippen LogP contribution in [0, 0.1) is 13.8 Å². The van der Waals surface area contributed by atoms with Gasteiger partial charge in [0.15, 0.2) is 0 Å². The third-order valence-electron chi connectivity index (χ3n) is 4.40. The van der Waals surface area contributed by atoms with Crippen LogP contribution >= 0.6 is 0 Å². The summed E-state index contributed by atoms with van der Waals surface area (Å²) < 4.78 is 11.1. The summed E-state index contributed by atoms with van der Waals surface area (Å²) in [7, 11) is 1.66. The first kappa shape index (κ1) is 20.8. The Kier molecular flexibility index (Phi) is 7.67. The molecule has 0 saturated carbocycles. The van der Waals surface area contributed by atoms with Gasteiger partial charge in [0.2, 0.25) is 5.91 Å². The maximum Gasteiger partial charge on any atom is 0.236 e. The summed E-state index contributed by atoms with van der Waals surface area (Å²) in [4.78, 5) is 12.3. The van der Waals surface area contributed by atoms with Crippen LogP contribution in [0.2, 0.25) is 0 Å². The number of benzene rings is 2. The van der Waals surface area contributed by atoms with Crippen LogP contribution in [-0.4, -0.2) is 32.2 Å². The fourth-order valence-electron chi connectivity index (χ4n) is 2.93. The number of carbonyl (C=O) groups excluding carboxylic acids is 1. The number of ether oxygens (including phenoxy) is 2. The van der Waals surface area contributed by atoms with Gasteiger partial charge in [-0.15, -0.1) is 0 Å². The SMILES string of the molecule is COc1ccc(C)cc1C(C)NC(C)C(=O)NCCOc1cccc(C)c1. The molecule has 0 fully saturated rings. The first-order valence-corrected chi connectivity index (χ1v) is 9.28. The average Bonchev–Trinajstić information content (AvgIpc) is 2.65. The summed E-state index contributed by atoms with van der Waals surface area (Å²) in [6.07, 6.45) is 0. The first-order chi connectivity index (χ1) is 12.9. The van der Waals surface area contributed by atoms with Crippen molar-refractivity contribution in [3.8, 4) is 11.5 Å². The number of methoxy groups -OCH3 is 1. The molecule has 0 saturated heterocycles. The summed E-state index contributed by atoms with van der Waals surface area (Å²) in [6, 6.07) is 13.6. The molecule has 2 atom stereocenters. The van der Waals surface area contributed by atoms with Crippen LogP contribution < -0.4 is 20.1 Å². The minimum Gasteiger partial charge on any atom is -0.496 e.